The van der Waals surface area contributed by atoms with Crippen LogP contribution in [0, 0.1) is 0 Å². The Balaban J connectivity index is 2.19. The molecule has 0 bridgehead atoms. The number of rotatable bonds is 3. The van der Waals surface area contributed by atoms with Gasteiger partial charge in [-0.05, 0) is 18.2 Å². The van der Waals surface area contributed by atoms with Crippen molar-refractivity contribution >= 4 is 49.1 Å². The fourth-order valence-corrected chi connectivity index (χ4v) is 2.71. The highest BCUT2D eigenvalue weighted by atomic mass is 32.2. The van der Waals surface area contributed by atoms with Crippen LogP contribution >= 0.6 is 11.3 Å². The predicted octanol–water partition coefficient (Wildman–Crippen LogP) is 1.20. The van der Waals surface area contributed by atoms with Crippen molar-refractivity contribution in [3.63, 3.8) is 0 Å². The fourth-order valence-electron chi connectivity index (χ4n) is 1.33. The van der Waals surface area contributed by atoms with Gasteiger partial charge in [0.15, 0.2) is 5.13 Å². The van der Waals surface area contributed by atoms with Crippen LogP contribution in [0.3, 0.4) is 0 Å². The standard InChI is InChI=1S/C10H11N3O2S2/c1-17(15)5-9(14)13-10-12-7-3-2-6(11)4-8(7)16-10/h2-4H,5,11H2,1H3,(H,12,13,14). The quantitative estimate of drug-likeness (QED) is 0.820. The molecule has 0 aliphatic carbocycles. The SMILES string of the molecule is CS(=O)CC(=O)Nc1nc2ccc(N)cc2s1. The van der Waals surface area contributed by atoms with Gasteiger partial charge in [-0.15, -0.1) is 0 Å². The second-order valence-corrected chi connectivity index (χ2v) is 5.98. The molecule has 1 atom stereocenters. The van der Waals surface area contributed by atoms with E-state index in [9.17, 15) is 9.00 Å². The van der Waals surface area contributed by atoms with Gasteiger partial charge in [-0.25, -0.2) is 4.98 Å². The van der Waals surface area contributed by atoms with Crippen LogP contribution in [0.2, 0.25) is 0 Å². The summed E-state index contributed by atoms with van der Waals surface area (Å²) in [5.41, 5.74) is 7.10. The number of hydrogen-bond donors (Lipinski definition) is 2. The Morgan fingerprint density at radius 3 is 3.06 bits per heavy atom. The molecule has 0 aliphatic heterocycles. The Bertz CT molecular complexity index is 594. The average molecular weight is 269 g/mol. The summed E-state index contributed by atoms with van der Waals surface area (Å²) in [5.74, 6) is -0.309. The number of fused-ring (bicyclic) bond motifs is 1. The summed E-state index contributed by atoms with van der Waals surface area (Å²) in [6.07, 6.45) is 1.48. The summed E-state index contributed by atoms with van der Waals surface area (Å²) in [5, 5.41) is 3.12. The van der Waals surface area contributed by atoms with Gasteiger partial charge in [-0.3, -0.25) is 9.00 Å². The third kappa shape index (κ3) is 3.01. The van der Waals surface area contributed by atoms with E-state index < -0.39 is 10.8 Å². The number of nitrogens with zero attached hydrogens (tertiary/aromatic N) is 1. The van der Waals surface area contributed by atoms with Gasteiger partial charge in [0, 0.05) is 22.7 Å². The maximum Gasteiger partial charge on any atom is 0.238 e. The zero-order valence-corrected chi connectivity index (χ0v) is 10.7. The van der Waals surface area contributed by atoms with Crippen molar-refractivity contribution in [2.24, 2.45) is 0 Å². The first-order valence-corrected chi connectivity index (χ1v) is 7.35. The van der Waals surface area contributed by atoms with Crippen LogP contribution in [-0.4, -0.2) is 27.1 Å². The van der Waals surface area contributed by atoms with Crippen LogP contribution in [0.5, 0.6) is 0 Å². The van der Waals surface area contributed by atoms with Gasteiger partial charge in [-0.1, -0.05) is 11.3 Å². The predicted molar refractivity (Wildman–Crippen MR) is 71.6 cm³/mol. The zero-order valence-electron chi connectivity index (χ0n) is 9.10. The van der Waals surface area contributed by atoms with E-state index in [-0.39, 0.29) is 11.7 Å². The number of aromatic nitrogens is 1. The Morgan fingerprint density at radius 2 is 2.35 bits per heavy atom. The number of anilines is 2. The van der Waals surface area contributed by atoms with Gasteiger partial charge in [0.2, 0.25) is 5.91 Å². The van der Waals surface area contributed by atoms with Crippen molar-refractivity contribution < 1.29 is 9.00 Å². The van der Waals surface area contributed by atoms with Crippen molar-refractivity contribution in [3.8, 4) is 0 Å². The lowest BCUT2D eigenvalue weighted by Gasteiger charge is -1.97. The van der Waals surface area contributed by atoms with E-state index >= 15 is 0 Å². The fraction of sp³-hybridized carbons (Fsp3) is 0.200. The van der Waals surface area contributed by atoms with Gasteiger partial charge in [0.25, 0.3) is 0 Å². The summed E-state index contributed by atoms with van der Waals surface area (Å²) < 4.78 is 11.8. The molecule has 2 aromatic rings. The molecule has 5 nitrogen and oxygen atoms in total. The van der Waals surface area contributed by atoms with Crippen LogP contribution in [0.25, 0.3) is 10.2 Å². The van der Waals surface area contributed by atoms with E-state index in [1.807, 2.05) is 0 Å². The molecule has 1 unspecified atom stereocenters. The summed E-state index contributed by atoms with van der Waals surface area (Å²) in [7, 11) is -1.15. The van der Waals surface area contributed by atoms with Crippen LogP contribution in [0.1, 0.15) is 0 Å². The lowest BCUT2D eigenvalue weighted by Crippen LogP contribution is -2.18. The van der Waals surface area contributed by atoms with Gasteiger partial charge < -0.3 is 11.1 Å². The molecule has 3 N–H and O–H groups in total. The van der Waals surface area contributed by atoms with Crippen LogP contribution in [0.4, 0.5) is 10.8 Å². The number of hydrogen-bond acceptors (Lipinski definition) is 5. The molecule has 1 amide bonds. The number of carbonyl (C=O) groups is 1. The molecule has 7 heteroatoms. The first-order chi connectivity index (χ1) is 8.04. The van der Waals surface area contributed by atoms with E-state index in [2.05, 4.69) is 10.3 Å². The molecule has 2 rings (SSSR count). The molecule has 1 heterocycles. The van der Waals surface area contributed by atoms with E-state index in [1.54, 1.807) is 18.2 Å². The van der Waals surface area contributed by atoms with Gasteiger partial charge in [-0.2, -0.15) is 0 Å². The normalized spacial score (nSPS) is 12.5. The minimum Gasteiger partial charge on any atom is -0.399 e. The Hall–Kier alpha value is -1.47. The molecular formula is C10H11N3O2S2. The third-order valence-corrected chi connectivity index (χ3v) is 3.60. The number of thiazole rings is 1. The first-order valence-electron chi connectivity index (χ1n) is 4.80. The molecule has 0 aliphatic rings. The number of benzene rings is 1. The monoisotopic (exact) mass is 269 g/mol. The number of nitrogens with one attached hydrogen (secondary N) is 1. The highest BCUT2D eigenvalue weighted by Gasteiger charge is 2.09. The molecule has 1 aromatic carbocycles. The van der Waals surface area contributed by atoms with E-state index in [0.717, 1.165) is 10.2 Å². The van der Waals surface area contributed by atoms with Gasteiger partial charge in [0.05, 0.1) is 10.2 Å². The molecule has 0 radical (unpaired) electrons. The number of carbonyl (C=O) groups excluding carboxylic acids is 1. The first kappa shape index (κ1) is 12.0. The molecule has 0 saturated carbocycles. The van der Waals surface area contributed by atoms with E-state index in [1.165, 1.54) is 17.6 Å². The van der Waals surface area contributed by atoms with Crippen molar-refractivity contribution in [1.29, 1.82) is 0 Å². The molecular weight excluding hydrogens is 258 g/mol. The lowest BCUT2D eigenvalue weighted by molar-refractivity contribution is -0.113. The summed E-state index contributed by atoms with van der Waals surface area (Å²) in [6, 6.07) is 5.37. The lowest BCUT2D eigenvalue weighted by atomic mass is 10.3. The minimum atomic E-state index is -1.15. The second-order valence-electron chi connectivity index (χ2n) is 3.51. The molecule has 0 saturated heterocycles. The van der Waals surface area contributed by atoms with Gasteiger partial charge >= 0.3 is 0 Å². The van der Waals surface area contributed by atoms with E-state index in [0.29, 0.717) is 10.8 Å². The largest absolute Gasteiger partial charge is 0.399 e. The third-order valence-electron chi connectivity index (χ3n) is 1.99. The maximum atomic E-state index is 11.4. The number of nitrogens with two attached hydrogens (primary N) is 1. The average Bonchev–Trinajstić information content (AvgIpc) is 2.57. The molecule has 0 fully saturated rings. The van der Waals surface area contributed by atoms with Crippen LogP contribution in [-0.2, 0) is 15.6 Å². The van der Waals surface area contributed by atoms with Crippen molar-refractivity contribution in [2.45, 2.75) is 0 Å². The Labute approximate surface area is 104 Å². The Kier molecular flexibility index (Phi) is 3.39. The van der Waals surface area contributed by atoms with Crippen molar-refractivity contribution in [2.75, 3.05) is 23.1 Å². The smallest absolute Gasteiger partial charge is 0.238 e. The second kappa shape index (κ2) is 4.80. The summed E-state index contributed by atoms with van der Waals surface area (Å²) in [4.78, 5) is 15.6. The summed E-state index contributed by atoms with van der Waals surface area (Å²) in [6.45, 7) is 0. The van der Waals surface area contributed by atoms with Gasteiger partial charge in [0.1, 0.15) is 5.75 Å². The maximum absolute atomic E-state index is 11.4. The summed E-state index contributed by atoms with van der Waals surface area (Å²) >= 11 is 1.34. The molecule has 0 spiro atoms. The molecule has 90 valence electrons. The number of nitrogen functional groups attached to an aromatic ring is 1. The van der Waals surface area contributed by atoms with Crippen LogP contribution < -0.4 is 11.1 Å². The zero-order chi connectivity index (χ0) is 12.4. The van der Waals surface area contributed by atoms with Crippen molar-refractivity contribution in [3.05, 3.63) is 18.2 Å². The number of amides is 1. The van der Waals surface area contributed by atoms with Crippen molar-refractivity contribution in [1.82, 2.24) is 4.98 Å². The van der Waals surface area contributed by atoms with Crippen LogP contribution in [0.15, 0.2) is 18.2 Å². The topological polar surface area (TPSA) is 85.1 Å². The van der Waals surface area contributed by atoms with E-state index in [4.69, 9.17) is 5.73 Å². The minimum absolute atomic E-state index is 0.0158. The Morgan fingerprint density at radius 1 is 1.59 bits per heavy atom. The molecule has 1 aromatic heterocycles. The molecule has 17 heavy (non-hydrogen) atoms. The highest BCUT2D eigenvalue weighted by Crippen LogP contribution is 2.27. The highest BCUT2D eigenvalue weighted by molar-refractivity contribution is 7.85.